The van der Waals surface area contributed by atoms with Crippen molar-refractivity contribution >= 4 is 29.0 Å². The predicted octanol–water partition coefficient (Wildman–Crippen LogP) is 1.97. The number of nitrogens with one attached hydrogen (secondary N) is 1. The number of aromatic nitrogens is 1. The summed E-state index contributed by atoms with van der Waals surface area (Å²) in [5.74, 6) is -0.178. The molecule has 0 bridgehead atoms. The van der Waals surface area contributed by atoms with E-state index in [4.69, 9.17) is 4.74 Å². The topological polar surface area (TPSA) is 108 Å². The van der Waals surface area contributed by atoms with Gasteiger partial charge in [-0.2, -0.15) is 4.73 Å². The number of methoxy groups -OCH3 is 1. The summed E-state index contributed by atoms with van der Waals surface area (Å²) in [4.78, 5) is 22.4. The fourth-order valence-corrected chi connectivity index (χ4v) is 2.46. The number of amides is 1. The lowest BCUT2D eigenvalue weighted by Crippen LogP contribution is -2.28. The van der Waals surface area contributed by atoms with Crippen molar-refractivity contribution in [2.24, 2.45) is 0 Å². The van der Waals surface area contributed by atoms with E-state index in [9.17, 15) is 20.1 Å². The fourth-order valence-electron chi connectivity index (χ4n) is 1.75. The number of anilines is 1. The molecule has 0 aliphatic heterocycles. The highest BCUT2D eigenvalue weighted by atomic mass is 32.2. The van der Waals surface area contributed by atoms with Gasteiger partial charge in [0, 0.05) is 12.1 Å². The zero-order chi connectivity index (χ0) is 16.8. The molecule has 0 aliphatic rings. The number of hydrogen-bond acceptors (Lipinski definition) is 6. The van der Waals surface area contributed by atoms with Crippen LogP contribution in [0.2, 0.25) is 0 Å². The highest BCUT2D eigenvalue weighted by Crippen LogP contribution is 2.29. The van der Waals surface area contributed by atoms with Gasteiger partial charge in [-0.25, -0.2) is 0 Å². The Morgan fingerprint density at radius 2 is 2.17 bits per heavy atom. The van der Waals surface area contributed by atoms with Crippen LogP contribution in [0.4, 0.5) is 11.4 Å². The molecule has 0 spiro atoms. The smallest absolute Gasteiger partial charge is 0.296 e. The van der Waals surface area contributed by atoms with E-state index in [0.29, 0.717) is 15.5 Å². The molecule has 1 amide bonds. The minimum atomic E-state index is -0.603. The van der Waals surface area contributed by atoms with Crippen LogP contribution < -0.4 is 14.8 Å². The van der Waals surface area contributed by atoms with Gasteiger partial charge in [0.25, 0.3) is 10.7 Å². The number of benzene rings is 1. The third kappa shape index (κ3) is 4.33. The molecular weight excluding hydrogens is 322 g/mol. The first-order valence-electron chi connectivity index (χ1n) is 6.44. The molecule has 23 heavy (non-hydrogen) atoms. The van der Waals surface area contributed by atoms with E-state index in [1.54, 1.807) is 18.2 Å². The standard InChI is InChI=1S/C14H13N3O5S/c1-22-10-5-6-11(12(8-10)17(20)21)15-13(18)9-23-14-4-2-3-7-16(14)19/h2-8H,9H2,1H3,(H,15,18). The van der Waals surface area contributed by atoms with Crippen LogP contribution in [0.25, 0.3) is 0 Å². The van der Waals surface area contributed by atoms with Crippen molar-refractivity contribution in [2.75, 3.05) is 18.2 Å². The summed E-state index contributed by atoms with van der Waals surface area (Å²) < 4.78 is 5.57. The van der Waals surface area contributed by atoms with Crippen LogP contribution in [0.3, 0.4) is 0 Å². The number of carbonyl (C=O) groups is 1. The third-order valence-electron chi connectivity index (χ3n) is 2.82. The summed E-state index contributed by atoms with van der Waals surface area (Å²) in [6.07, 6.45) is 1.33. The van der Waals surface area contributed by atoms with Crippen molar-refractivity contribution in [1.82, 2.24) is 0 Å². The number of nitrogens with zero attached hydrogens (tertiary/aromatic N) is 2. The number of pyridine rings is 1. The van der Waals surface area contributed by atoms with Crippen molar-refractivity contribution in [3.63, 3.8) is 0 Å². The number of nitro benzene ring substituents is 1. The molecular formula is C14H13N3O5S. The molecule has 1 N–H and O–H groups in total. The minimum absolute atomic E-state index is 0.0462. The predicted molar refractivity (Wildman–Crippen MR) is 84.4 cm³/mol. The van der Waals surface area contributed by atoms with Crippen molar-refractivity contribution in [1.29, 1.82) is 0 Å². The van der Waals surface area contributed by atoms with E-state index < -0.39 is 10.8 Å². The molecule has 8 nitrogen and oxygen atoms in total. The van der Waals surface area contributed by atoms with Crippen molar-refractivity contribution in [3.8, 4) is 5.75 Å². The van der Waals surface area contributed by atoms with E-state index in [1.807, 2.05) is 0 Å². The maximum absolute atomic E-state index is 11.9. The molecule has 0 fully saturated rings. The zero-order valence-corrected chi connectivity index (χ0v) is 12.9. The number of thioether (sulfide) groups is 1. The van der Waals surface area contributed by atoms with Crippen LogP contribution in [0.5, 0.6) is 5.75 Å². The van der Waals surface area contributed by atoms with Crippen LogP contribution in [0.15, 0.2) is 47.6 Å². The van der Waals surface area contributed by atoms with Crippen LogP contribution in [0, 0.1) is 15.3 Å². The van der Waals surface area contributed by atoms with Crippen molar-refractivity contribution in [3.05, 3.63) is 57.9 Å². The quantitative estimate of drug-likeness (QED) is 0.284. The molecule has 9 heteroatoms. The summed E-state index contributed by atoms with van der Waals surface area (Å²) in [5.41, 5.74) is -0.189. The second-order valence-corrected chi connectivity index (χ2v) is 5.34. The van der Waals surface area contributed by atoms with Gasteiger partial charge in [-0.1, -0.05) is 0 Å². The Hall–Kier alpha value is -2.81. The van der Waals surface area contributed by atoms with Crippen LogP contribution >= 0.6 is 11.8 Å². The van der Waals surface area contributed by atoms with Crippen molar-refractivity contribution < 1.29 is 19.2 Å². The number of ether oxygens (including phenoxy) is 1. The van der Waals surface area contributed by atoms with E-state index in [0.717, 1.165) is 11.8 Å². The van der Waals surface area contributed by atoms with Gasteiger partial charge in [-0.15, -0.1) is 0 Å². The second kappa shape index (κ2) is 7.45. The summed E-state index contributed by atoms with van der Waals surface area (Å²) in [6.45, 7) is 0. The van der Waals surface area contributed by atoms with Gasteiger partial charge < -0.3 is 15.3 Å². The third-order valence-corrected chi connectivity index (χ3v) is 3.83. The second-order valence-electron chi connectivity index (χ2n) is 4.34. The molecule has 0 aliphatic carbocycles. The molecule has 120 valence electrons. The molecule has 0 saturated heterocycles. The lowest BCUT2D eigenvalue weighted by molar-refractivity contribution is -0.645. The molecule has 1 heterocycles. The van der Waals surface area contributed by atoms with Gasteiger partial charge in [0.2, 0.25) is 5.91 Å². The van der Waals surface area contributed by atoms with Crippen molar-refractivity contribution in [2.45, 2.75) is 5.03 Å². The first-order valence-corrected chi connectivity index (χ1v) is 7.43. The van der Waals surface area contributed by atoms with Crippen LogP contribution in [-0.4, -0.2) is 23.7 Å². The first-order chi connectivity index (χ1) is 11.0. The molecule has 1 aromatic heterocycles. The van der Waals surface area contributed by atoms with Gasteiger partial charge in [0.1, 0.15) is 11.4 Å². The number of nitro groups is 1. The summed E-state index contributed by atoms with van der Waals surface area (Å²) in [6, 6.07) is 8.99. The number of rotatable bonds is 6. The Morgan fingerprint density at radius 1 is 1.39 bits per heavy atom. The van der Waals surface area contributed by atoms with Gasteiger partial charge in [-0.3, -0.25) is 14.9 Å². The van der Waals surface area contributed by atoms with E-state index in [-0.39, 0.29) is 17.1 Å². The molecule has 2 aromatic rings. The zero-order valence-electron chi connectivity index (χ0n) is 12.1. The molecule has 1 aromatic carbocycles. The average molecular weight is 335 g/mol. The molecule has 0 saturated carbocycles. The highest BCUT2D eigenvalue weighted by Gasteiger charge is 2.18. The summed E-state index contributed by atoms with van der Waals surface area (Å²) in [5, 5.41) is 25.3. The number of carbonyl (C=O) groups excluding carboxylic acids is 1. The van der Waals surface area contributed by atoms with Gasteiger partial charge in [-0.05, 0) is 30.0 Å². The van der Waals surface area contributed by atoms with E-state index >= 15 is 0 Å². The Labute approximate surface area is 135 Å². The lowest BCUT2D eigenvalue weighted by atomic mass is 10.2. The monoisotopic (exact) mass is 335 g/mol. The fraction of sp³-hybridized carbons (Fsp3) is 0.143. The van der Waals surface area contributed by atoms with Gasteiger partial charge in [0.05, 0.1) is 23.9 Å². The lowest BCUT2D eigenvalue weighted by Gasteiger charge is -2.07. The Morgan fingerprint density at radius 3 is 2.83 bits per heavy atom. The van der Waals surface area contributed by atoms with Crippen LogP contribution in [0.1, 0.15) is 0 Å². The molecule has 0 radical (unpaired) electrons. The normalized spacial score (nSPS) is 10.1. The highest BCUT2D eigenvalue weighted by molar-refractivity contribution is 7.99. The molecule has 0 unspecified atom stereocenters. The largest absolute Gasteiger partial charge is 0.618 e. The van der Waals surface area contributed by atoms with Gasteiger partial charge in [0.15, 0.2) is 6.20 Å². The Kier molecular flexibility index (Phi) is 5.36. The average Bonchev–Trinajstić information content (AvgIpc) is 2.54. The van der Waals surface area contributed by atoms with Crippen LogP contribution in [-0.2, 0) is 4.79 Å². The van der Waals surface area contributed by atoms with Gasteiger partial charge >= 0.3 is 0 Å². The Balaban J connectivity index is 2.05. The maximum atomic E-state index is 11.9. The maximum Gasteiger partial charge on any atom is 0.296 e. The SMILES string of the molecule is COc1ccc(NC(=O)CSc2cccc[n+]2[O-])c([N+](=O)[O-])c1. The summed E-state index contributed by atoms with van der Waals surface area (Å²) in [7, 11) is 1.39. The summed E-state index contributed by atoms with van der Waals surface area (Å²) >= 11 is 1.04. The Bertz CT molecular complexity index is 738. The first kappa shape index (κ1) is 16.6. The van der Waals surface area contributed by atoms with E-state index in [2.05, 4.69) is 5.32 Å². The molecule has 0 atom stereocenters. The van der Waals surface area contributed by atoms with E-state index in [1.165, 1.54) is 31.5 Å². The molecule has 2 rings (SSSR count). The number of hydrogen-bond donors (Lipinski definition) is 1. The minimum Gasteiger partial charge on any atom is -0.618 e.